The second-order valence-corrected chi connectivity index (χ2v) is 12.8. The van der Waals surface area contributed by atoms with Crippen molar-refractivity contribution >= 4 is 17.5 Å². The third-order valence-corrected chi connectivity index (χ3v) is 9.70. The van der Waals surface area contributed by atoms with Crippen molar-refractivity contribution < 1.29 is 27.5 Å². The van der Waals surface area contributed by atoms with Crippen molar-refractivity contribution in [2.24, 2.45) is 12.5 Å². The molecule has 0 bridgehead atoms. The fraction of sp³-hybridized carbons (Fsp3) is 0.438. The number of carbonyl (C=O) groups excluding carboxylic acids is 2. The number of benzene rings is 2. The van der Waals surface area contributed by atoms with Gasteiger partial charge in [-0.1, -0.05) is 18.7 Å². The zero-order valence-corrected chi connectivity index (χ0v) is 24.4. The molecule has 230 valence electrons. The van der Waals surface area contributed by atoms with E-state index in [0.29, 0.717) is 57.1 Å². The lowest BCUT2D eigenvalue weighted by molar-refractivity contribution is -0.138. The first kappa shape index (κ1) is 28.7. The fourth-order valence-electron chi connectivity index (χ4n) is 7.24. The number of rotatable bonds is 7. The summed E-state index contributed by atoms with van der Waals surface area (Å²) in [6.07, 6.45) is -0.201. The number of aryl methyl sites for hydroxylation is 1. The van der Waals surface area contributed by atoms with Gasteiger partial charge in [-0.25, -0.2) is 0 Å². The summed E-state index contributed by atoms with van der Waals surface area (Å²) in [6.45, 7) is 7.31. The Morgan fingerprint density at radius 3 is 2.61 bits per heavy atom. The van der Waals surface area contributed by atoms with Crippen molar-refractivity contribution in [3.8, 4) is 0 Å². The van der Waals surface area contributed by atoms with Crippen molar-refractivity contribution in [2.45, 2.75) is 37.5 Å². The first-order valence-corrected chi connectivity index (χ1v) is 14.7. The highest BCUT2D eigenvalue weighted by Gasteiger charge is 2.49. The average molecular weight is 607 g/mol. The van der Waals surface area contributed by atoms with Crippen LogP contribution in [0.25, 0.3) is 0 Å². The summed E-state index contributed by atoms with van der Waals surface area (Å²) in [5.74, 6) is 0.263. The van der Waals surface area contributed by atoms with Crippen molar-refractivity contribution in [3.05, 3.63) is 89.0 Å². The molecule has 7 rings (SSSR count). The monoisotopic (exact) mass is 606 g/mol. The molecule has 1 aromatic heterocycles. The van der Waals surface area contributed by atoms with Crippen molar-refractivity contribution in [1.82, 2.24) is 24.6 Å². The number of halogens is 3. The predicted molar refractivity (Wildman–Crippen MR) is 155 cm³/mol. The SMILES string of the molecule is C=CC(=O)N1CC2(CCN(Cc3cc4c(c(C(F)(F)F)c3)CN(c3cccc(C5(Cc6nncn6C)COC5)c3)C4=O)C2)C1. The number of nitrogens with zero attached hydrogens (tertiary/aromatic N) is 6. The van der Waals surface area contributed by atoms with Crippen LogP contribution in [-0.4, -0.2) is 75.8 Å². The molecule has 0 unspecified atom stereocenters. The number of carbonyl (C=O) groups is 2. The predicted octanol–water partition coefficient (Wildman–Crippen LogP) is 3.73. The molecule has 0 atom stereocenters. The molecule has 0 radical (unpaired) electrons. The Hall–Kier alpha value is -4.03. The maximum Gasteiger partial charge on any atom is 0.416 e. The van der Waals surface area contributed by atoms with Gasteiger partial charge in [0.05, 0.1) is 25.3 Å². The maximum atomic E-state index is 14.4. The highest BCUT2D eigenvalue weighted by Crippen LogP contribution is 2.43. The third kappa shape index (κ3) is 4.80. The molecule has 44 heavy (non-hydrogen) atoms. The van der Waals surface area contributed by atoms with Crippen LogP contribution in [0.5, 0.6) is 0 Å². The second-order valence-electron chi connectivity index (χ2n) is 12.8. The molecule has 3 fully saturated rings. The lowest BCUT2D eigenvalue weighted by Gasteiger charge is -2.47. The minimum Gasteiger partial charge on any atom is -0.379 e. The number of hydrogen-bond acceptors (Lipinski definition) is 6. The van der Waals surface area contributed by atoms with Crippen LogP contribution in [-0.2, 0) is 47.7 Å². The average Bonchev–Trinajstić information content (AvgIpc) is 3.66. The van der Waals surface area contributed by atoms with Gasteiger partial charge >= 0.3 is 6.18 Å². The molecule has 2 aromatic carbocycles. The Morgan fingerprint density at radius 1 is 1.16 bits per heavy atom. The molecule has 0 aliphatic carbocycles. The number of likely N-dealkylation sites (tertiary alicyclic amines) is 2. The van der Waals surface area contributed by atoms with Crippen LogP contribution in [0.1, 0.15) is 44.9 Å². The van der Waals surface area contributed by atoms with Gasteiger partial charge in [0.25, 0.3) is 5.91 Å². The van der Waals surface area contributed by atoms with E-state index in [-0.39, 0.29) is 34.4 Å². The Balaban J connectivity index is 1.13. The van der Waals surface area contributed by atoms with Crippen LogP contribution >= 0.6 is 0 Å². The van der Waals surface area contributed by atoms with Gasteiger partial charge in [0.2, 0.25) is 5.91 Å². The van der Waals surface area contributed by atoms with Gasteiger partial charge in [0, 0.05) is 61.7 Å². The molecular weight excluding hydrogens is 573 g/mol. The van der Waals surface area contributed by atoms with Gasteiger partial charge in [0.1, 0.15) is 12.2 Å². The Bertz CT molecular complexity index is 1660. The molecular formula is C32H33F3N6O3. The molecule has 0 saturated carbocycles. The largest absolute Gasteiger partial charge is 0.416 e. The summed E-state index contributed by atoms with van der Waals surface area (Å²) in [7, 11) is 1.88. The van der Waals surface area contributed by atoms with Gasteiger partial charge in [-0.2, -0.15) is 13.2 Å². The second kappa shape index (κ2) is 10.3. The van der Waals surface area contributed by atoms with Gasteiger partial charge in [-0.05, 0) is 60.0 Å². The maximum absolute atomic E-state index is 14.4. The zero-order chi connectivity index (χ0) is 30.9. The molecule has 5 heterocycles. The highest BCUT2D eigenvalue weighted by atomic mass is 19.4. The molecule has 3 aromatic rings. The fourth-order valence-corrected chi connectivity index (χ4v) is 7.24. The molecule has 12 heteroatoms. The highest BCUT2D eigenvalue weighted by molar-refractivity contribution is 6.10. The smallest absolute Gasteiger partial charge is 0.379 e. The normalized spacial score (nSPS) is 20.5. The standard InChI is InChI=1S/C32H33F3N6O3/c1-3-28(42)40-16-30(17-40)7-8-39(15-30)13-21-9-24-25(26(10-21)32(33,34)35)14-41(29(24)43)23-6-4-5-22(11-23)31(18-44-19-31)12-27-37-36-20-38(27)2/h3-6,9-11,20H,1,7-8,12-19H2,2H3. The van der Waals surface area contributed by atoms with Gasteiger partial charge < -0.3 is 19.1 Å². The summed E-state index contributed by atoms with van der Waals surface area (Å²) in [5.41, 5.74) is 0.905. The molecule has 2 amide bonds. The van der Waals surface area contributed by atoms with E-state index >= 15 is 0 Å². The lowest BCUT2D eigenvalue weighted by atomic mass is 9.75. The number of fused-ring (bicyclic) bond motifs is 1. The Labute approximate surface area is 252 Å². The molecule has 4 aliphatic heterocycles. The minimum absolute atomic E-state index is 0.00731. The molecule has 4 aliphatic rings. The summed E-state index contributed by atoms with van der Waals surface area (Å²) in [4.78, 5) is 31.0. The van der Waals surface area contributed by atoms with E-state index in [0.717, 1.165) is 24.4 Å². The van der Waals surface area contributed by atoms with Crippen LogP contribution in [0, 0.1) is 5.41 Å². The van der Waals surface area contributed by atoms with Gasteiger partial charge in [-0.15, -0.1) is 10.2 Å². The van der Waals surface area contributed by atoms with Crippen LogP contribution in [0.15, 0.2) is 55.4 Å². The van der Waals surface area contributed by atoms with E-state index < -0.39 is 17.6 Å². The van der Waals surface area contributed by atoms with Gasteiger partial charge in [-0.3, -0.25) is 14.5 Å². The first-order chi connectivity index (χ1) is 21.0. The van der Waals surface area contributed by atoms with E-state index in [1.54, 1.807) is 23.4 Å². The third-order valence-electron chi connectivity index (χ3n) is 9.70. The summed E-state index contributed by atoms with van der Waals surface area (Å²) < 4.78 is 50.7. The number of anilines is 1. The summed E-state index contributed by atoms with van der Waals surface area (Å²) in [5, 5.41) is 8.19. The molecule has 1 spiro atoms. The number of amides is 2. The van der Waals surface area contributed by atoms with Crippen molar-refractivity contribution in [2.75, 3.05) is 44.3 Å². The minimum atomic E-state index is -4.60. The first-order valence-electron chi connectivity index (χ1n) is 14.7. The number of hydrogen-bond donors (Lipinski definition) is 0. The summed E-state index contributed by atoms with van der Waals surface area (Å²) >= 11 is 0. The number of ether oxygens (including phenoxy) is 1. The molecule has 3 saturated heterocycles. The van der Waals surface area contributed by atoms with Crippen molar-refractivity contribution in [1.29, 1.82) is 0 Å². The molecule has 9 nitrogen and oxygen atoms in total. The van der Waals surface area contributed by atoms with Crippen LogP contribution < -0.4 is 4.90 Å². The topological polar surface area (TPSA) is 83.8 Å². The van der Waals surface area contributed by atoms with Crippen molar-refractivity contribution in [3.63, 3.8) is 0 Å². The lowest BCUT2D eigenvalue weighted by Crippen LogP contribution is -2.59. The Kier molecular flexibility index (Phi) is 6.70. The van der Waals surface area contributed by atoms with Crippen LogP contribution in [0.4, 0.5) is 18.9 Å². The van der Waals surface area contributed by atoms with Crippen LogP contribution in [0.3, 0.4) is 0 Å². The summed E-state index contributed by atoms with van der Waals surface area (Å²) in [6, 6.07) is 10.3. The van der Waals surface area contributed by atoms with E-state index in [4.69, 9.17) is 4.74 Å². The quantitative estimate of drug-likeness (QED) is 0.382. The number of alkyl halides is 3. The van der Waals surface area contributed by atoms with Gasteiger partial charge in [0.15, 0.2) is 0 Å². The number of aromatic nitrogens is 3. The van der Waals surface area contributed by atoms with E-state index in [1.165, 1.54) is 17.0 Å². The van der Waals surface area contributed by atoms with E-state index in [9.17, 15) is 22.8 Å². The molecule has 0 N–H and O–H groups in total. The van der Waals surface area contributed by atoms with E-state index in [1.807, 2.05) is 29.8 Å². The zero-order valence-electron chi connectivity index (χ0n) is 24.4. The Morgan fingerprint density at radius 2 is 1.95 bits per heavy atom. The van der Waals surface area contributed by atoms with E-state index in [2.05, 4.69) is 21.7 Å². The van der Waals surface area contributed by atoms with Crippen LogP contribution in [0.2, 0.25) is 0 Å².